The van der Waals surface area contributed by atoms with Crippen LogP contribution in [0.25, 0.3) is 0 Å². The van der Waals surface area contributed by atoms with Gasteiger partial charge in [-0.05, 0) is 52.9 Å². The number of hydrogen-bond donors (Lipinski definition) is 1. The first-order chi connectivity index (χ1) is 7.76. The molecule has 0 aromatic rings. The van der Waals surface area contributed by atoms with Gasteiger partial charge in [0.15, 0.2) is 0 Å². The van der Waals surface area contributed by atoms with E-state index in [0.717, 1.165) is 19.3 Å². The molecule has 1 heteroatoms. The van der Waals surface area contributed by atoms with Crippen molar-refractivity contribution in [2.75, 3.05) is 0 Å². The zero-order valence-corrected chi connectivity index (χ0v) is 12.1. The molecule has 0 radical (unpaired) electrons. The Bertz CT molecular complexity index is 291. The Morgan fingerprint density at radius 3 is 2.41 bits per heavy atom. The first-order valence-corrected chi connectivity index (χ1v) is 6.43. The van der Waals surface area contributed by atoms with Crippen molar-refractivity contribution in [1.82, 2.24) is 0 Å². The van der Waals surface area contributed by atoms with Crippen LogP contribution in [0.15, 0.2) is 36.0 Å². The normalized spacial score (nSPS) is 17.2. The van der Waals surface area contributed by atoms with Crippen molar-refractivity contribution in [3.8, 4) is 0 Å². The second-order valence-electron chi connectivity index (χ2n) is 5.58. The maximum atomic E-state index is 9.90. The molecule has 0 aliphatic rings. The van der Waals surface area contributed by atoms with Gasteiger partial charge in [0, 0.05) is 0 Å². The maximum absolute atomic E-state index is 9.90. The minimum Gasteiger partial charge on any atom is -0.386 e. The summed E-state index contributed by atoms with van der Waals surface area (Å²) in [4.78, 5) is 0. The number of hydrogen-bond acceptors (Lipinski definition) is 1. The highest BCUT2D eigenvalue weighted by atomic mass is 16.3. The lowest BCUT2D eigenvalue weighted by Crippen LogP contribution is -2.22. The van der Waals surface area contributed by atoms with E-state index in [9.17, 15) is 5.11 Å². The first-order valence-electron chi connectivity index (χ1n) is 6.43. The van der Waals surface area contributed by atoms with Crippen LogP contribution in [0.2, 0.25) is 0 Å². The van der Waals surface area contributed by atoms with E-state index >= 15 is 0 Å². The van der Waals surface area contributed by atoms with E-state index in [-0.39, 0.29) is 0 Å². The quantitative estimate of drug-likeness (QED) is 0.638. The molecule has 1 N–H and O–H groups in total. The standard InChI is InChI=1S/C16H28O/c1-7-16(6,17)12-15(5)11-14(4)10-8-9-13(2)3/h7,9,11,15,17H,1,8,10,12H2,2-6H3/b14-11+/t15-,16-/m0/s1. The summed E-state index contributed by atoms with van der Waals surface area (Å²) in [5.74, 6) is 0.384. The van der Waals surface area contributed by atoms with Gasteiger partial charge in [-0.2, -0.15) is 0 Å². The van der Waals surface area contributed by atoms with Gasteiger partial charge in [-0.1, -0.05) is 36.3 Å². The summed E-state index contributed by atoms with van der Waals surface area (Å²) in [6.07, 6.45) is 9.09. The third-order valence-corrected chi connectivity index (χ3v) is 2.84. The average Bonchev–Trinajstić information content (AvgIpc) is 2.15. The SMILES string of the molecule is C=C[C@](C)(O)C[C@@H](C)/C=C(\C)CCC=C(C)C. The summed E-state index contributed by atoms with van der Waals surface area (Å²) in [5, 5.41) is 9.90. The summed E-state index contributed by atoms with van der Waals surface area (Å²) in [7, 11) is 0. The molecule has 0 aliphatic heterocycles. The zero-order valence-electron chi connectivity index (χ0n) is 12.1. The van der Waals surface area contributed by atoms with E-state index in [0.29, 0.717) is 5.92 Å². The minimum atomic E-state index is -0.754. The van der Waals surface area contributed by atoms with Gasteiger partial charge < -0.3 is 5.11 Å². The highest BCUT2D eigenvalue weighted by Gasteiger charge is 2.17. The van der Waals surface area contributed by atoms with Crippen molar-refractivity contribution in [3.63, 3.8) is 0 Å². The van der Waals surface area contributed by atoms with Crippen LogP contribution in [0, 0.1) is 5.92 Å². The molecule has 2 atom stereocenters. The van der Waals surface area contributed by atoms with E-state index in [1.54, 1.807) is 6.08 Å². The Balaban J connectivity index is 4.19. The van der Waals surface area contributed by atoms with Crippen LogP contribution in [-0.4, -0.2) is 10.7 Å². The molecule has 0 aliphatic carbocycles. The summed E-state index contributed by atoms with van der Waals surface area (Å²) >= 11 is 0. The predicted molar refractivity (Wildman–Crippen MR) is 77.0 cm³/mol. The monoisotopic (exact) mass is 236 g/mol. The number of aliphatic hydroxyl groups is 1. The van der Waals surface area contributed by atoms with Crippen molar-refractivity contribution in [1.29, 1.82) is 0 Å². The van der Waals surface area contributed by atoms with Crippen LogP contribution in [0.5, 0.6) is 0 Å². The predicted octanol–water partition coefficient (Wildman–Crippen LogP) is 4.64. The molecule has 0 amide bonds. The van der Waals surface area contributed by atoms with Gasteiger partial charge in [0.2, 0.25) is 0 Å². The largest absolute Gasteiger partial charge is 0.386 e. The fourth-order valence-electron chi connectivity index (χ4n) is 1.95. The lowest BCUT2D eigenvalue weighted by atomic mass is 9.91. The van der Waals surface area contributed by atoms with E-state index in [4.69, 9.17) is 0 Å². The van der Waals surface area contributed by atoms with E-state index in [2.05, 4.69) is 46.4 Å². The Morgan fingerprint density at radius 1 is 1.35 bits per heavy atom. The topological polar surface area (TPSA) is 20.2 Å². The molecule has 98 valence electrons. The van der Waals surface area contributed by atoms with Crippen LogP contribution in [0.3, 0.4) is 0 Å². The van der Waals surface area contributed by atoms with Crippen LogP contribution in [-0.2, 0) is 0 Å². The van der Waals surface area contributed by atoms with Gasteiger partial charge in [-0.3, -0.25) is 0 Å². The second kappa shape index (κ2) is 7.50. The molecule has 0 heterocycles. The van der Waals surface area contributed by atoms with Crippen LogP contribution in [0.1, 0.15) is 53.9 Å². The van der Waals surface area contributed by atoms with Crippen molar-refractivity contribution < 1.29 is 5.11 Å². The van der Waals surface area contributed by atoms with Crippen LogP contribution >= 0.6 is 0 Å². The number of allylic oxidation sites excluding steroid dienone is 4. The molecule has 0 saturated carbocycles. The van der Waals surface area contributed by atoms with Crippen molar-refractivity contribution in [3.05, 3.63) is 36.0 Å². The van der Waals surface area contributed by atoms with Crippen molar-refractivity contribution in [2.24, 2.45) is 5.92 Å². The zero-order chi connectivity index (χ0) is 13.5. The van der Waals surface area contributed by atoms with E-state index in [1.165, 1.54) is 11.1 Å². The van der Waals surface area contributed by atoms with Gasteiger partial charge in [0.25, 0.3) is 0 Å². The minimum absolute atomic E-state index is 0.384. The average molecular weight is 236 g/mol. The highest BCUT2D eigenvalue weighted by Crippen LogP contribution is 2.20. The molecule has 0 aromatic heterocycles. The summed E-state index contributed by atoms with van der Waals surface area (Å²) in [6.45, 7) is 14.0. The third-order valence-electron chi connectivity index (χ3n) is 2.84. The molecule has 0 fully saturated rings. The van der Waals surface area contributed by atoms with Gasteiger partial charge in [-0.15, -0.1) is 6.58 Å². The van der Waals surface area contributed by atoms with E-state index in [1.807, 2.05) is 6.92 Å². The molecule has 1 nitrogen and oxygen atoms in total. The Labute approximate surface area is 107 Å². The summed E-state index contributed by atoms with van der Waals surface area (Å²) < 4.78 is 0. The highest BCUT2D eigenvalue weighted by molar-refractivity contribution is 5.05. The summed E-state index contributed by atoms with van der Waals surface area (Å²) in [6, 6.07) is 0. The molecule has 17 heavy (non-hydrogen) atoms. The molecule has 0 unspecified atom stereocenters. The Kier molecular flexibility index (Phi) is 7.13. The molecular formula is C16H28O. The second-order valence-corrected chi connectivity index (χ2v) is 5.58. The van der Waals surface area contributed by atoms with Gasteiger partial charge in [-0.25, -0.2) is 0 Å². The van der Waals surface area contributed by atoms with Crippen molar-refractivity contribution in [2.45, 2.75) is 59.5 Å². The number of rotatable bonds is 7. The fraction of sp³-hybridized carbons (Fsp3) is 0.625. The van der Waals surface area contributed by atoms with Gasteiger partial charge >= 0.3 is 0 Å². The molecule has 0 rings (SSSR count). The molecule has 0 saturated heterocycles. The molecular weight excluding hydrogens is 208 g/mol. The van der Waals surface area contributed by atoms with Crippen molar-refractivity contribution >= 4 is 0 Å². The van der Waals surface area contributed by atoms with Gasteiger partial charge in [0.1, 0.15) is 0 Å². The molecule has 0 aromatic carbocycles. The summed E-state index contributed by atoms with van der Waals surface area (Å²) in [5.41, 5.74) is 2.02. The van der Waals surface area contributed by atoms with E-state index < -0.39 is 5.60 Å². The molecule has 0 spiro atoms. The Morgan fingerprint density at radius 2 is 1.94 bits per heavy atom. The first kappa shape index (κ1) is 16.2. The van der Waals surface area contributed by atoms with Crippen LogP contribution < -0.4 is 0 Å². The Hall–Kier alpha value is -0.820. The lowest BCUT2D eigenvalue weighted by Gasteiger charge is -2.21. The fourth-order valence-corrected chi connectivity index (χ4v) is 1.95. The maximum Gasteiger partial charge on any atom is 0.0802 e. The third kappa shape index (κ3) is 8.93. The smallest absolute Gasteiger partial charge is 0.0802 e. The van der Waals surface area contributed by atoms with Crippen LogP contribution in [0.4, 0.5) is 0 Å². The molecule has 0 bridgehead atoms. The van der Waals surface area contributed by atoms with Gasteiger partial charge in [0.05, 0.1) is 5.60 Å². The lowest BCUT2D eigenvalue weighted by molar-refractivity contribution is 0.0917.